The Bertz CT molecular complexity index is 388. The molecule has 1 rings (SSSR count). The highest BCUT2D eigenvalue weighted by molar-refractivity contribution is 5.27. The Morgan fingerprint density at radius 3 is 2.11 bits per heavy atom. The van der Waals surface area contributed by atoms with Crippen LogP contribution in [0.2, 0.25) is 0 Å². The molecule has 1 aromatic rings. The quantitative estimate of drug-likeness (QED) is 0.823. The van der Waals surface area contributed by atoms with E-state index in [-0.39, 0.29) is 5.54 Å². The van der Waals surface area contributed by atoms with Gasteiger partial charge < -0.3 is 11.1 Å². The first-order chi connectivity index (χ1) is 8.73. The fraction of sp³-hybridized carbons (Fsp3) is 0.647. The van der Waals surface area contributed by atoms with Gasteiger partial charge in [-0.15, -0.1) is 0 Å². The fourth-order valence-electron chi connectivity index (χ4n) is 2.92. The topological polar surface area (TPSA) is 38.0 Å². The second kappa shape index (κ2) is 6.53. The molecule has 3 N–H and O–H groups in total. The predicted molar refractivity (Wildman–Crippen MR) is 84.2 cm³/mol. The number of benzene rings is 1. The van der Waals surface area contributed by atoms with E-state index < -0.39 is 0 Å². The molecule has 19 heavy (non-hydrogen) atoms. The van der Waals surface area contributed by atoms with Crippen LogP contribution in [0.5, 0.6) is 0 Å². The van der Waals surface area contributed by atoms with Crippen LogP contribution in [0.25, 0.3) is 0 Å². The van der Waals surface area contributed by atoms with Crippen molar-refractivity contribution in [2.24, 2.45) is 11.1 Å². The van der Waals surface area contributed by atoms with Crippen molar-refractivity contribution in [3.05, 3.63) is 35.4 Å². The van der Waals surface area contributed by atoms with Crippen LogP contribution in [0, 0.1) is 5.41 Å². The van der Waals surface area contributed by atoms with Gasteiger partial charge in [0.05, 0.1) is 0 Å². The van der Waals surface area contributed by atoms with Gasteiger partial charge in [-0.2, -0.15) is 0 Å². The van der Waals surface area contributed by atoms with E-state index >= 15 is 0 Å². The highest BCUT2D eigenvalue weighted by Gasteiger charge is 2.24. The van der Waals surface area contributed by atoms with Gasteiger partial charge >= 0.3 is 0 Å². The standard InChI is InChI=1S/C17H30N2/c1-16(2,3)13-17(4,5)19-11-10-14-8-6-7-9-15(14)12-18/h6-9,19H,10-13,18H2,1-5H3. The lowest BCUT2D eigenvalue weighted by Gasteiger charge is -2.33. The van der Waals surface area contributed by atoms with Crippen LogP contribution in [0.3, 0.4) is 0 Å². The molecule has 0 atom stereocenters. The molecule has 0 aliphatic carbocycles. The van der Waals surface area contributed by atoms with Gasteiger partial charge in [0, 0.05) is 12.1 Å². The summed E-state index contributed by atoms with van der Waals surface area (Å²) in [5, 5.41) is 3.67. The minimum Gasteiger partial charge on any atom is -0.326 e. The average Bonchev–Trinajstić information content (AvgIpc) is 2.26. The molecule has 108 valence electrons. The van der Waals surface area contributed by atoms with Crippen LogP contribution in [0.1, 0.15) is 52.2 Å². The van der Waals surface area contributed by atoms with Crippen LogP contribution in [-0.2, 0) is 13.0 Å². The SMILES string of the molecule is CC(C)(C)CC(C)(C)NCCc1ccccc1CN. The third-order valence-corrected chi connectivity index (χ3v) is 3.31. The molecule has 0 spiro atoms. The minimum atomic E-state index is 0.176. The molecule has 0 aromatic heterocycles. The molecule has 0 amide bonds. The Morgan fingerprint density at radius 2 is 1.58 bits per heavy atom. The maximum absolute atomic E-state index is 5.77. The molecule has 0 saturated heterocycles. The third-order valence-electron chi connectivity index (χ3n) is 3.31. The van der Waals surface area contributed by atoms with Crippen LogP contribution in [0.15, 0.2) is 24.3 Å². The Balaban J connectivity index is 2.49. The summed E-state index contributed by atoms with van der Waals surface area (Å²) in [5.41, 5.74) is 8.93. The third kappa shape index (κ3) is 6.22. The van der Waals surface area contributed by atoms with Gasteiger partial charge in [-0.3, -0.25) is 0 Å². The second-order valence-electron chi connectivity index (χ2n) is 7.27. The lowest BCUT2D eigenvalue weighted by Crippen LogP contribution is -2.43. The van der Waals surface area contributed by atoms with Gasteiger partial charge in [0.2, 0.25) is 0 Å². The van der Waals surface area contributed by atoms with Crippen molar-refractivity contribution in [2.45, 2.75) is 59.5 Å². The molecule has 1 aromatic carbocycles. The number of nitrogens with one attached hydrogen (secondary N) is 1. The smallest absolute Gasteiger partial charge is 0.0180 e. The van der Waals surface area contributed by atoms with E-state index in [2.05, 4.69) is 64.2 Å². The van der Waals surface area contributed by atoms with E-state index in [1.54, 1.807) is 0 Å². The largest absolute Gasteiger partial charge is 0.326 e. The Hall–Kier alpha value is -0.860. The summed E-state index contributed by atoms with van der Waals surface area (Å²) in [6.07, 6.45) is 2.21. The summed E-state index contributed by atoms with van der Waals surface area (Å²) < 4.78 is 0. The lowest BCUT2D eigenvalue weighted by atomic mass is 9.82. The zero-order valence-corrected chi connectivity index (χ0v) is 13.2. The van der Waals surface area contributed by atoms with E-state index in [0.717, 1.165) is 13.0 Å². The summed E-state index contributed by atoms with van der Waals surface area (Å²) >= 11 is 0. The van der Waals surface area contributed by atoms with Gasteiger partial charge in [0.1, 0.15) is 0 Å². The van der Waals surface area contributed by atoms with Crippen molar-refractivity contribution in [3.63, 3.8) is 0 Å². The van der Waals surface area contributed by atoms with E-state index in [4.69, 9.17) is 5.73 Å². The molecular weight excluding hydrogens is 232 g/mol. The predicted octanol–water partition coefficient (Wildman–Crippen LogP) is 3.49. The molecule has 0 bridgehead atoms. The lowest BCUT2D eigenvalue weighted by molar-refractivity contribution is 0.243. The molecule has 2 heteroatoms. The molecule has 0 fully saturated rings. The van der Waals surface area contributed by atoms with Crippen molar-refractivity contribution < 1.29 is 0 Å². The Morgan fingerprint density at radius 1 is 1.00 bits per heavy atom. The highest BCUT2D eigenvalue weighted by atomic mass is 14.9. The molecule has 0 aliphatic heterocycles. The first-order valence-electron chi connectivity index (χ1n) is 7.25. The number of rotatable bonds is 6. The maximum Gasteiger partial charge on any atom is 0.0180 e. The van der Waals surface area contributed by atoms with Crippen molar-refractivity contribution in [2.75, 3.05) is 6.54 Å². The van der Waals surface area contributed by atoms with Crippen molar-refractivity contribution in [1.29, 1.82) is 0 Å². The van der Waals surface area contributed by atoms with E-state index in [9.17, 15) is 0 Å². The maximum atomic E-state index is 5.77. The van der Waals surface area contributed by atoms with Crippen LogP contribution < -0.4 is 11.1 Å². The van der Waals surface area contributed by atoms with Gasteiger partial charge in [-0.05, 0) is 49.8 Å². The van der Waals surface area contributed by atoms with E-state index in [1.165, 1.54) is 17.5 Å². The zero-order chi connectivity index (χ0) is 14.5. The first kappa shape index (κ1) is 16.2. The Labute approximate surface area is 118 Å². The van der Waals surface area contributed by atoms with Crippen LogP contribution in [-0.4, -0.2) is 12.1 Å². The van der Waals surface area contributed by atoms with Crippen LogP contribution >= 0.6 is 0 Å². The monoisotopic (exact) mass is 262 g/mol. The van der Waals surface area contributed by atoms with Crippen molar-refractivity contribution in [3.8, 4) is 0 Å². The van der Waals surface area contributed by atoms with Gasteiger partial charge in [-0.25, -0.2) is 0 Å². The van der Waals surface area contributed by atoms with Crippen molar-refractivity contribution >= 4 is 0 Å². The first-order valence-corrected chi connectivity index (χ1v) is 7.25. The van der Waals surface area contributed by atoms with Gasteiger partial charge in [0.25, 0.3) is 0 Å². The molecule has 0 radical (unpaired) electrons. The van der Waals surface area contributed by atoms with Crippen molar-refractivity contribution in [1.82, 2.24) is 5.32 Å². The summed E-state index contributed by atoms with van der Waals surface area (Å²) in [6.45, 7) is 13.1. The minimum absolute atomic E-state index is 0.176. The number of nitrogens with two attached hydrogens (primary N) is 1. The van der Waals surface area contributed by atoms with E-state index in [0.29, 0.717) is 12.0 Å². The molecular formula is C17H30N2. The highest BCUT2D eigenvalue weighted by Crippen LogP contribution is 2.26. The zero-order valence-electron chi connectivity index (χ0n) is 13.2. The van der Waals surface area contributed by atoms with Gasteiger partial charge in [-0.1, -0.05) is 45.0 Å². The normalized spacial score (nSPS) is 12.7. The summed E-state index contributed by atoms with van der Waals surface area (Å²) in [7, 11) is 0. The van der Waals surface area contributed by atoms with E-state index in [1.807, 2.05) is 0 Å². The summed E-state index contributed by atoms with van der Waals surface area (Å²) in [4.78, 5) is 0. The van der Waals surface area contributed by atoms with Gasteiger partial charge in [0.15, 0.2) is 0 Å². The molecule has 0 unspecified atom stereocenters. The average molecular weight is 262 g/mol. The summed E-state index contributed by atoms with van der Waals surface area (Å²) in [6, 6.07) is 8.45. The molecule has 0 heterocycles. The molecule has 2 nitrogen and oxygen atoms in total. The molecule has 0 saturated carbocycles. The summed E-state index contributed by atoms with van der Waals surface area (Å²) in [5.74, 6) is 0. The number of hydrogen-bond donors (Lipinski definition) is 2. The number of hydrogen-bond acceptors (Lipinski definition) is 2. The fourth-order valence-corrected chi connectivity index (χ4v) is 2.92. The van der Waals surface area contributed by atoms with Crippen LogP contribution in [0.4, 0.5) is 0 Å². The Kier molecular flexibility index (Phi) is 5.57. The molecule has 0 aliphatic rings. The second-order valence-corrected chi connectivity index (χ2v) is 7.27.